The summed E-state index contributed by atoms with van der Waals surface area (Å²) < 4.78 is 0. The van der Waals surface area contributed by atoms with Gasteiger partial charge < -0.3 is 10.0 Å². The molecule has 0 unspecified atom stereocenters. The van der Waals surface area contributed by atoms with E-state index < -0.39 is 0 Å². The van der Waals surface area contributed by atoms with E-state index in [2.05, 4.69) is 12.1 Å². The van der Waals surface area contributed by atoms with Crippen LogP contribution >= 0.6 is 0 Å². The third kappa shape index (κ3) is 1.74. The lowest BCUT2D eigenvalue weighted by molar-refractivity contribution is -0.117. The van der Waals surface area contributed by atoms with E-state index in [0.717, 1.165) is 30.5 Å². The van der Waals surface area contributed by atoms with Gasteiger partial charge in [-0.25, -0.2) is 0 Å². The van der Waals surface area contributed by atoms with Crippen LogP contribution in [0, 0.1) is 5.41 Å². The lowest BCUT2D eigenvalue weighted by Gasteiger charge is -2.40. The Morgan fingerprint density at radius 2 is 2.17 bits per heavy atom. The fourth-order valence-electron chi connectivity index (χ4n) is 3.13. The largest absolute Gasteiger partial charge is 0.396 e. The molecule has 0 radical (unpaired) electrons. The van der Waals surface area contributed by atoms with Crippen molar-refractivity contribution in [1.82, 2.24) is 0 Å². The maximum atomic E-state index is 11.6. The lowest BCUT2D eigenvalue weighted by Crippen LogP contribution is -2.35. The molecular weight excluding hydrogens is 226 g/mol. The van der Waals surface area contributed by atoms with E-state index in [4.69, 9.17) is 0 Å². The average molecular weight is 245 g/mol. The number of benzene rings is 1. The summed E-state index contributed by atoms with van der Waals surface area (Å²) >= 11 is 0. The van der Waals surface area contributed by atoms with Crippen molar-refractivity contribution in [3.63, 3.8) is 0 Å². The minimum atomic E-state index is 0.114. The van der Waals surface area contributed by atoms with Crippen LogP contribution in [0.3, 0.4) is 0 Å². The summed E-state index contributed by atoms with van der Waals surface area (Å²) in [6.45, 7) is 0.281. The van der Waals surface area contributed by atoms with Crippen molar-refractivity contribution >= 4 is 11.6 Å². The standard InChI is InChI=1S/C15H19NO2/c1-16-13-4-3-11(7-12(13)8-14(16)18)9-15(10-17)5-2-6-15/h3-4,7,17H,2,5-6,8-10H2,1H3. The Balaban J connectivity index is 1.84. The van der Waals surface area contributed by atoms with Gasteiger partial charge in [-0.3, -0.25) is 4.79 Å². The van der Waals surface area contributed by atoms with Gasteiger partial charge in [0.05, 0.1) is 6.42 Å². The second-order valence-corrected chi connectivity index (χ2v) is 5.78. The highest BCUT2D eigenvalue weighted by Gasteiger charge is 2.36. The molecule has 1 aliphatic heterocycles. The van der Waals surface area contributed by atoms with Crippen molar-refractivity contribution in [1.29, 1.82) is 0 Å². The van der Waals surface area contributed by atoms with Crippen LogP contribution in [0.25, 0.3) is 0 Å². The van der Waals surface area contributed by atoms with Crippen molar-refractivity contribution in [3.8, 4) is 0 Å². The maximum Gasteiger partial charge on any atom is 0.231 e. The maximum absolute atomic E-state index is 11.6. The monoisotopic (exact) mass is 245 g/mol. The van der Waals surface area contributed by atoms with E-state index >= 15 is 0 Å². The third-order valence-electron chi connectivity index (χ3n) is 4.55. The number of carbonyl (C=O) groups excluding carboxylic acids is 1. The zero-order chi connectivity index (χ0) is 12.8. The SMILES string of the molecule is CN1C(=O)Cc2cc(CC3(CO)CCC3)ccc21. The number of anilines is 1. The molecule has 18 heavy (non-hydrogen) atoms. The van der Waals surface area contributed by atoms with Gasteiger partial charge in [-0.05, 0) is 41.9 Å². The molecule has 1 fully saturated rings. The minimum absolute atomic E-state index is 0.114. The molecule has 96 valence electrons. The number of aliphatic hydroxyl groups excluding tert-OH is 1. The first-order chi connectivity index (χ1) is 8.63. The second kappa shape index (κ2) is 4.09. The Morgan fingerprint density at radius 1 is 1.39 bits per heavy atom. The van der Waals surface area contributed by atoms with Crippen LogP contribution in [0.5, 0.6) is 0 Å². The molecule has 3 heteroatoms. The van der Waals surface area contributed by atoms with Crippen molar-refractivity contribution in [2.24, 2.45) is 5.41 Å². The Morgan fingerprint density at radius 3 is 2.78 bits per heavy atom. The van der Waals surface area contributed by atoms with Gasteiger partial charge in [0.2, 0.25) is 5.91 Å². The van der Waals surface area contributed by atoms with Gasteiger partial charge in [0.15, 0.2) is 0 Å². The number of hydrogen-bond acceptors (Lipinski definition) is 2. The first-order valence-electron chi connectivity index (χ1n) is 6.63. The highest BCUT2D eigenvalue weighted by Crippen LogP contribution is 2.43. The first kappa shape index (κ1) is 11.7. The predicted octanol–water partition coefficient (Wildman–Crippen LogP) is 1.91. The number of nitrogens with zero attached hydrogens (tertiary/aromatic N) is 1. The molecule has 2 aliphatic rings. The van der Waals surface area contributed by atoms with Gasteiger partial charge in [0, 0.05) is 19.3 Å². The molecule has 0 saturated heterocycles. The van der Waals surface area contributed by atoms with E-state index in [1.165, 1.54) is 12.0 Å². The van der Waals surface area contributed by atoms with Crippen molar-refractivity contribution in [2.75, 3.05) is 18.6 Å². The summed E-state index contributed by atoms with van der Waals surface area (Å²) in [6, 6.07) is 6.29. The van der Waals surface area contributed by atoms with Crippen LogP contribution < -0.4 is 4.90 Å². The zero-order valence-corrected chi connectivity index (χ0v) is 10.8. The number of hydrogen-bond donors (Lipinski definition) is 1. The van der Waals surface area contributed by atoms with Gasteiger partial charge in [-0.15, -0.1) is 0 Å². The van der Waals surface area contributed by atoms with E-state index in [-0.39, 0.29) is 17.9 Å². The van der Waals surface area contributed by atoms with Crippen LogP contribution in [0.4, 0.5) is 5.69 Å². The van der Waals surface area contributed by atoms with E-state index in [1.807, 2.05) is 13.1 Å². The topological polar surface area (TPSA) is 40.5 Å². The Hall–Kier alpha value is -1.35. The second-order valence-electron chi connectivity index (χ2n) is 5.78. The molecule has 3 rings (SSSR count). The number of amides is 1. The number of aliphatic hydroxyl groups is 1. The summed E-state index contributed by atoms with van der Waals surface area (Å²) in [7, 11) is 1.83. The molecule has 1 aliphatic carbocycles. The van der Waals surface area contributed by atoms with Crippen molar-refractivity contribution in [3.05, 3.63) is 29.3 Å². The molecule has 1 saturated carbocycles. The van der Waals surface area contributed by atoms with Gasteiger partial charge >= 0.3 is 0 Å². The van der Waals surface area contributed by atoms with Crippen LogP contribution in [0.2, 0.25) is 0 Å². The van der Waals surface area contributed by atoms with Crippen LogP contribution in [-0.4, -0.2) is 24.7 Å². The Labute approximate surface area is 107 Å². The van der Waals surface area contributed by atoms with E-state index in [0.29, 0.717) is 6.42 Å². The molecule has 3 nitrogen and oxygen atoms in total. The van der Waals surface area contributed by atoms with Crippen molar-refractivity contribution in [2.45, 2.75) is 32.1 Å². The van der Waals surface area contributed by atoms with E-state index in [9.17, 15) is 9.90 Å². The quantitative estimate of drug-likeness (QED) is 0.883. The Bertz CT molecular complexity index is 486. The normalized spacial score (nSPS) is 20.8. The first-order valence-corrected chi connectivity index (χ1v) is 6.63. The highest BCUT2D eigenvalue weighted by molar-refractivity contribution is 6.00. The van der Waals surface area contributed by atoms with Crippen LogP contribution in [0.1, 0.15) is 30.4 Å². The van der Waals surface area contributed by atoms with Gasteiger partial charge in [0.25, 0.3) is 0 Å². The Kier molecular flexibility index (Phi) is 2.67. The molecule has 0 atom stereocenters. The summed E-state index contributed by atoms with van der Waals surface area (Å²) in [4.78, 5) is 13.4. The lowest BCUT2D eigenvalue weighted by atomic mass is 9.66. The predicted molar refractivity (Wildman–Crippen MR) is 70.6 cm³/mol. The zero-order valence-electron chi connectivity index (χ0n) is 10.8. The van der Waals surface area contributed by atoms with Gasteiger partial charge in [-0.2, -0.15) is 0 Å². The third-order valence-corrected chi connectivity index (χ3v) is 4.55. The van der Waals surface area contributed by atoms with Gasteiger partial charge in [-0.1, -0.05) is 18.6 Å². The molecule has 1 N–H and O–H groups in total. The van der Waals surface area contributed by atoms with E-state index in [1.54, 1.807) is 4.90 Å². The summed E-state index contributed by atoms with van der Waals surface area (Å²) in [5, 5.41) is 9.51. The molecular formula is C15H19NO2. The number of likely N-dealkylation sites (N-methyl/N-ethyl adjacent to an activating group) is 1. The summed E-state index contributed by atoms with van der Waals surface area (Å²) in [6.07, 6.45) is 4.94. The molecule has 0 aromatic heterocycles. The fourth-order valence-corrected chi connectivity index (χ4v) is 3.13. The van der Waals surface area contributed by atoms with Crippen LogP contribution in [0.15, 0.2) is 18.2 Å². The number of carbonyl (C=O) groups is 1. The van der Waals surface area contributed by atoms with Crippen molar-refractivity contribution < 1.29 is 9.90 Å². The highest BCUT2D eigenvalue weighted by atomic mass is 16.3. The summed E-state index contributed by atoms with van der Waals surface area (Å²) in [5.74, 6) is 0.169. The molecule has 1 aromatic rings. The number of rotatable bonds is 3. The smallest absolute Gasteiger partial charge is 0.231 e. The average Bonchev–Trinajstić information content (AvgIpc) is 2.60. The molecule has 1 aromatic carbocycles. The molecule has 1 amide bonds. The summed E-state index contributed by atoms with van der Waals surface area (Å²) in [5.41, 5.74) is 3.54. The molecule has 0 spiro atoms. The number of fused-ring (bicyclic) bond motifs is 1. The van der Waals surface area contributed by atoms with Gasteiger partial charge in [0.1, 0.15) is 0 Å². The fraction of sp³-hybridized carbons (Fsp3) is 0.533. The minimum Gasteiger partial charge on any atom is -0.396 e. The molecule has 1 heterocycles. The molecule has 0 bridgehead atoms. The van der Waals surface area contributed by atoms with Crippen LogP contribution in [-0.2, 0) is 17.6 Å².